The van der Waals surface area contributed by atoms with Crippen LogP contribution in [0.5, 0.6) is 5.75 Å². The fourth-order valence-electron chi connectivity index (χ4n) is 3.67. The van der Waals surface area contributed by atoms with E-state index >= 15 is 0 Å². The fourth-order valence-corrected chi connectivity index (χ4v) is 3.67. The molecule has 1 heterocycles. The molecule has 172 valence electrons. The third-order valence-electron chi connectivity index (χ3n) is 5.66. The average Bonchev–Trinajstić information content (AvgIpc) is 2.81. The number of ether oxygens (including phenoxy) is 3. The molecule has 6 nitrogen and oxygen atoms in total. The summed E-state index contributed by atoms with van der Waals surface area (Å²) < 4.78 is 31.4. The van der Waals surface area contributed by atoms with Crippen LogP contribution in [0, 0.1) is 5.82 Å². The molecule has 0 aromatic heterocycles. The largest absolute Gasteiger partial charge is 0.489 e. The third-order valence-corrected chi connectivity index (χ3v) is 5.66. The molecule has 0 spiro atoms. The highest BCUT2D eigenvalue weighted by Crippen LogP contribution is 2.37. The lowest BCUT2D eigenvalue weighted by molar-refractivity contribution is -0.0950. The maximum absolute atomic E-state index is 14.3. The third kappa shape index (κ3) is 5.87. The lowest BCUT2D eigenvalue weighted by atomic mass is 9.86. The number of halogens is 1. The monoisotopic (exact) mass is 442 g/mol. The molecule has 1 saturated heterocycles. The van der Waals surface area contributed by atoms with Gasteiger partial charge in [-0.25, -0.2) is 9.18 Å². The summed E-state index contributed by atoms with van der Waals surface area (Å²) in [5, 5.41) is 2.80. The second-order valence-corrected chi connectivity index (χ2v) is 8.12. The smallest absolute Gasteiger partial charge is 0.321 e. The minimum absolute atomic E-state index is 0.204. The average molecular weight is 443 g/mol. The number of urea groups is 1. The normalized spacial score (nSPS) is 15.1. The van der Waals surface area contributed by atoms with Crippen LogP contribution in [0.3, 0.4) is 0 Å². The molecule has 1 aliphatic heterocycles. The molecule has 2 aromatic carbocycles. The Bertz CT molecular complexity index is 939. The minimum atomic E-state index is -0.560. The van der Waals surface area contributed by atoms with Gasteiger partial charge in [-0.1, -0.05) is 24.3 Å². The van der Waals surface area contributed by atoms with Crippen LogP contribution in [0.4, 0.5) is 14.9 Å². The number of carbonyl (C=O) groups is 1. The summed E-state index contributed by atoms with van der Waals surface area (Å²) in [6, 6.07) is 12.0. The first-order valence-electron chi connectivity index (χ1n) is 10.6. The Morgan fingerprint density at radius 1 is 1.22 bits per heavy atom. The Kier molecular flexibility index (Phi) is 7.88. The summed E-state index contributed by atoms with van der Waals surface area (Å²) in [6.45, 7) is 7.50. The van der Waals surface area contributed by atoms with Crippen molar-refractivity contribution in [1.29, 1.82) is 0 Å². The highest BCUT2D eigenvalue weighted by Gasteiger charge is 2.35. The van der Waals surface area contributed by atoms with Crippen LogP contribution >= 0.6 is 0 Å². The summed E-state index contributed by atoms with van der Waals surface area (Å²) in [5.41, 5.74) is 2.74. The molecular weight excluding hydrogens is 411 g/mol. The Morgan fingerprint density at radius 2 is 1.91 bits per heavy atom. The quantitative estimate of drug-likeness (QED) is 0.598. The van der Waals surface area contributed by atoms with Crippen LogP contribution < -0.4 is 15.0 Å². The molecule has 7 heteroatoms. The first-order valence-corrected chi connectivity index (χ1v) is 10.6. The van der Waals surface area contributed by atoms with Crippen molar-refractivity contribution in [3.8, 4) is 5.75 Å². The molecular formula is C25H31FN2O4. The van der Waals surface area contributed by atoms with Crippen LogP contribution in [0.2, 0.25) is 0 Å². The Labute approximate surface area is 189 Å². The number of nitrogens with zero attached hydrogens (tertiary/aromatic N) is 1. The number of methoxy groups -OCH3 is 1. The molecule has 32 heavy (non-hydrogen) atoms. The molecule has 3 rings (SSSR count). The van der Waals surface area contributed by atoms with Crippen LogP contribution in [0.15, 0.2) is 54.6 Å². The number of anilines is 1. The number of hydrogen-bond acceptors (Lipinski definition) is 4. The van der Waals surface area contributed by atoms with Crippen molar-refractivity contribution < 1.29 is 23.4 Å². The molecule has 1 aliphatic rings. The van der Waals surface area contributed by atoms with Gasteiger partial charge in [0.1, 0.15) is 18.2 Å². The van der Waals surface area contributed by atoms with Crippen LogP contribution in [0.1, 0.15) is 30.9 Å². The lowest BCUT2D eigenvalue weighted by Crippen LogP contribution is -2.37. The number of benzene rings is 2. The molecule has 2 amide bonds. The second-order valence-electron chi connectivity index (χ2n) is 8.12. The minimum Gasteiger partial charge on any atom is -0.489 e. The number of hydrogen-bond donors (Lipinski definition) is 1. The lowest BCUT2D eigenvalue weighted by Gasteiger charge is -2.36. The second kappa shape index (κ2) is 10.6. The van der Waals surface area contributed by atoms with Gasteiger partial charge >= 0.3 is 6.03 Å². The van der Waals surface area contributed by atoms with Gasteiger partial charge in [-0.3, -0.25) is 4.90 Å². The zero-order valence-corrected chi connectivity index (χ0v) is 18.9. The number of amides is 2. The van der Waals surface area contributed by atoms with E-state index in [1.54, 1.807) is 14.2 Å². The molecule has 1 N–H and O–H groups in total. The molecule has 1 fully saturated rings. The summed E-state index contributed by atoms with van der Waals surface area (Å²) in [5.74, 6) is 0.0847. The van der Waals surface area contributed by atoms with Crippen molar-refractivity contribution in [2.75, 3.05) is 38.8 Å². The van der Waals surface area contributed by atoms with E-state index in [0.29, 0.717) is 38.3 Å². The van der Waals surface area contributed by atoms with Gasteiger partial charge in [0.25, 0.3) is 0 Å². The van der Waals surface area contributed by atoms with E-state index in [1.807, 2.05) is 37.3 Å². The van der Waals surface area contributed by atoms with E-state index in [-0.39, 0.29) is 18.5 Å². The summed E-state index contributed by atoms with van der Waals surface area (Å²) in [4.78, 5) is 13.7. The predicted octanol–water partition coefficient (Wildman–Crippen LogP) is 4.78. The van der Waals surface area contributed by atoms with Crippen molar-refractivity contribution in [2.24, 2.45) is 0 Å². The number of carbonyl (C=O) groups excluding carboxylic acids is 1. The first-order chi connectivity index (χ1) is 15.3. The van der Waals surface area contributed by atoms with Gasteiger partial charge in [0.05, 0.1) is 5.60 Å². The van der Waals surface area contributed by atoms with Crippen LogP contribution in [-0.2, 0) is 21.7 Å². The molecule has 0 atom stereocenters. The maximum Gasteiger partial charge on any atom is 0.321 e. The molecule has 0 saturated carbocycles. The van der Waals surface area contributed by atoms with Crippen molar-refractivity contribution in [1.82, 2.24) is 5.32 Å². The zero-order valence-electron chi connectivity index (χ0n) is 18.9. The Morgan fingerprint density at radius 3 is 2.53 bits per heavy atom. The first kappa shape index (κ1) is 23.8. The van der Waals surface area contributed by atoms with Gasteiger partial charge in [0, 0.05) is 58.5 Å². The van der Waals surface area contributed by atoms with Crippen LogP contribution in [-0.4, -0.2) is 39.9 Å². The highest BCUT2D eigenvalue weighted by molar-refractivity contribution is 5.91. The van der Waals surface area contributed by atoms with Crippen molar-refractivity contribution in [2.45, 2.75) is 32.0 Å². The molecule has 2 aromatic rings. The van der Waals surface area contributed by atoms with Gasteiger partial charge in [-0.15, -0.1) is 0 Å². The molecule has 0 bridgehead atoms. The van der Waals surface area contributed by atoms with E-state index < -0.39 is 5.60 Å². The van der Waals surface area contributed by atoms with Crippen molar-refractivity contribution >= 4 is 11.7 Å². The van der Waals surface area contributed by atoms with E-state index in [1.165, 1.54) is 17.0 Å². The van der Waals surface area contributed by atoms with Gasteiger partial charge in [0.15, 0.2) is 0 Å². The SMILES string of the molecule is C=C(C)CNC(=O)N(C)c1ccc(COc2cc(F)cc(C3(OC)CCOCC3)c2)cc1. The topological polar surface area (TPSA) is 60.0 Å². The van der Waals surface area contributed by atoms with Crippen molar-refractivity contribution in [3.05, 3.63) is 71.6 Å². The summed E-state index contributed by atoms with van der Waals surface area (Å²) >= 11 is 0. The summed E-state index contributed by atoms with van der Waals surface area (Å²) in [6.07, 6.45) is 1.34. The molecule has 0 unspecified atom stereocenters. The van der Waals surface area contributed by atoms with Crippen LogP contribution in [0.25, 0.3) is 0 Å². The van der Waals surface area contributed by atoms with E-state index in [2.05, 4.69) is 11.9 Å². The Hall–Kier alpha value is -2.90. The zero-order chi connectivity index (χ0) is 23.1. The van der Waals surface area contributed by atoms with E-state index in [0.717, 1.165) is 22.4 Å². The maximum atomic E-state index is 14.3. The van der Waals surface area contributed by atoms with Gasteiger partial charge in [0.2, 0.25) is 0 Å². The number of nitrogens with one attached hydrogen (secondary N) is 1. The Balaban J connectivity index is 1.65. The number of rotatable bonds is 8. The van der Waals surface area contributed by atoms with Gasteiger partial charge in [-0.05, 0) is 42.3 Å². The molecule has 0 radical (unpaired) electrons. The molecule has 0 aliphatic carbocycles. The van der Waals surface area contributed by atoms with Gasteiger partial charge in [-0.2, -0.15) is 0 Å². The van der Waals surface area contributed by atoms with Crippen molar-refractivity contribution in [3.63, 3.8) is 0 Å². The standard InChI is InChI=1S/C25H31FN2O4/c1-18(2)16-27-24(29)28(3)22-7-5-19(6-8-22)17-32-23-14-20(13-21(26)15-23)25(30-4)9-11-31-12-10-25/h5-8,13-15H,1,9-12,16-17H2,2-4H3,(H,27,29). The highest BCUT2D eigenvalue weighted by atomic mass is 19.1. The predicted molar refractivity (Wildman–Crippen MR) is 123 cm³/mol. The summed E-state index contributed by atoms with van der Waals surface area (Å²) in [7, 11) is 3.35. The van der Waals surface area contributed by atoms with E-state index in [4.69, 9.17) is 14.2 Å². The fraction of sp³-hybridized carbons (Fsp3) is 0.400. The van der Waals surface area contributed by atoms with Gasteiger partial charge < -0.3 is 19.5 Å². The van der Waals surface area contributed by atoms with E-state index in [9.17, 15) is 9.18 Å².